The Bertz CT molecular complexity index is 304. The van der Waals surface area contributed by atoms with Crippen LogP contribution in [0.1, 0.15) is 5.56 Å². The fourth-order valence-electron chi connectivity index (χ4n) is 1.20. The van der Waals surface area contributed by atoms with Crippen LogP contribution in [0.15, 0.2) is 22.7 Å². The van der Waals surface area contributed by atoms with E-state index in [9.17, 15) is 0 Å². The van der Waals surface area contributed by atoms with Crippen molar-refractivity contribution in [3.63, 3.8) is 0 Å². The van der Waals surface area contributed by atoms with Crippen LogP contribution < -0.4 is 4.74 Å². The first-order chi connectivity index (χ1) is 6.67. The zero-order valence-corrected chi connectivity index (χ0v) is 11.4. The van der Waals surface area contributed by atoms with Crippen molar-refractivity contribution in [2.45, 2.75) is 6.54 Å². The van der Waals surface area contributed by atoms with Gasteiger partial charge in [-0.05, 0) is 25.2 Å². The fourth-order valence-corrected chi connectivity index (χ4v) is 1.79. The summed E-state index contributed by atoms with van der Waals surface area (Å²) in [6, 6.07) is 6.04. The Labute approximate surface area is 101 Å². The maximum Gasteiger partial charge on any atom is 0.123 e. The van der Waals surface area contributed by atoms with Gasteiger partial charge in [0, 0.05) is 16.6 Å². The number of ether oxygens (including phenoxy) is 1. The van der Waals surface area contributed by atoms with Gasteiger partial charge in [0.25, 0.3) is 0 Å². The summed E-state index contributed by atoms with van der Waals surface area (Å²) in [6.07, 6.45) is 0. The van der Waals surface area contributed by atoms with Crippen molar-refractivity contribution in [1.82, 2.24) is 4.90 Å². The first-order valence-corrected chi connectivity index (χ1v) is 6.15. The second kappa shape index (κ2) is 5.73. The van der Waals surface area contributed by atoms with E-state index in [1.54, 1.807) is 7.11 Å². The topological polar surface area (TPSA) is 12.5 Å². The predicted molar refractivity (Wildman–Crippen MR) is 66.0 cm³/mol. The number of rotatable bonds is 4. The smallest absolute Gasteiger partial charge is 0.123 e. The zero-order chi connectivity index (χ0) is 10.6. The van der Waals surface area contributed by atoms with Gasteiger partial charge in [-0.3, -0.25) is 4.90 Å². The van der Waals surface area contributed by atoms with E-state index >= 15 is 0 Å². The van der Waals surface area contributed by atoms with Gasteiger partial charge in [0.15, 0.2) is 0 Å². The van der Waals surface area contributed by atoms with Crippen LogP contribution in [-0.2, 0) is 6.54 Å². The highest BCUT2D eigenvalue weighted by Crippen LogP contribution is 2.24. The molecular weight excluding hydrogens is 310 g/mol. The molecule has 2 nitrogen and oxygen atoms in total. The zero-order valence-electron chi connectivity index (χ0n) is 8.26. The number of nitrogens with zero attached hydrogens (tertiary/aromatic N) is 1. The van der Waals surface area contributed by atoms with Crippen molar-refractivity contribution in [3.05, 3.63) is 28.2 Å². The fraction of sp³-hybridized carbons (Fsp3) is 0.400. The molecule has 0 aromatic heterocycles. The minimum absolute atomic E-state index is 0.850. The van der Waals surface area contributed by atoms with E-state index in [2.05, 4.69) is 49.9 Å². The molecule has 0 saturated heterocycles. The van der Waals surface area contributed by atoms with E-state index in [0.29, 0.717) is 0 Å². The monoisotopic (exact) mass is 321 g/mol. The van der Waals surface area contributed by atoms with Crippen molar-refractivity contribution in [1.29, 1.82) is 0 Å². The van der Waals surface area contributed by atoms with Gasteiger partial charge >= 0.3 is 0 Å². The molecule has 0 spiro atoms. The second-order valence-electron chi connectivity index (χ2n) is 3.09. The Kier molecular flexibility index (Phi) is 4.92. The molecule has 0 atom stereocenters. The van der Waals surface area contributed by atoms with Gasteiger partial charge in [-0.1, -0.05) is 31.9 Å². The Morgan fingerprint density at radius 1 is 1.43 bits per heavy atom. The standard InChI is InChI=1S/C10H13Br2NO/c1-13(7-11)6-8-5-9(12)3-4-10(8)14-2/h3-5H,6-7H2,1-2H3. The molecule has 0 heterocycles. The van der Waals surface area contributed by atoms with Gasteiger partial charge < -0.3 is 4.74 Å². The van der Waals surface area contributed by atoms with E-state index in [0.717, 1.165) is 22.2 Å². The van der Waals surface area contributed by atoms with Crippen LogP contribution in [0.5, 0.6) is 5.75 Å². The average Bonchev–Trinajstić information content (AvgIpc) is 2.18. The van der Waals surface area contributed by atoms with Gasteiger partial charge in [0.1, 0.15) is 5.75 Å². The average molecular weight is 323 g/mol. The minimum Gasteiger partial charge on any atom is -0.496 e. The first kappa shape index (κ1) is 12.0. The maximum atomic E-state index is 5.28. The molecule has 78 valence electrons. The highest BCUT2D eigenvalue weighted by Gasteiger charge is 2.05. The van der Waals surface area contributed by atoms with Gasteiger partial charge in [-0.15, -0.1) is 0 Å². The van der Waals surface area contributed by atoms with Crippen LogP contribution in [0.2, 0.25) is 0 Å². The van der Waals surface area contributed by atoms with Gasteiger partial charge in [-0.25, -0.2) is 0 Å². The quantitative estimate of drug-likeness (QED) is 0.623. The van der Waals surface area contributed by atoms with Crippen LogP contribution in [0, 0.1) is 0 Å². The molecule has 1 aromatic carbocycles. The van der Waals surface area contributed by atoms with Crippen LogP contribution in [-0.4, -0.2) is 24.5 Å². The minimum atomic E-state index is 0.850. The highest BCUT2D eigenvalue weighted by molar-refractivity contribution is 9.10. The lowest BCUT2D eigenvalue weighted by Crippen LogP contribution is -2.15. The lowest BCUT2D eigenvalue weighted by atomic mass is 10.2. The third-order valence-electron chi connectivity index (χ3n) is 1.89. The largest absolute Gasteiger partial charge is 0.496 e. The number of halogens is 2. The highest BCUT2D eigenvalue weighted by atomic mass is 79.9. The third-order valence-corrected chi connectivity index (χ3v) is 3.24. The molecule has 0 aliphatic heterocycles. The Balaban J connectivity index is 2.87. The predicted octanol–water partition coefficient (Wildman–Crippen LogP) is 3.24. The normalized spacial score (nSPS) is 10.6. The molecule has 1 rings (SSSR count). The Hall–Kier alpha value is -0.0600. The van der Waals surface area contributed by atoms with Gasteiger partial charge in [0.2, 0.25) is 0 Å². The summed E-state index contributed by atoms with van der Waals surface area (Å²) in [4.78, 5) is 2.16. The first-order valence-electron chi connectivity index (χ1n) is 4.24. The molecule has 0 N–H and O–H groups in total. The number of benzene rings is 1. The lowest BCUT2D eigenvalue weighted by Gasteiger charge is -2.15. The summed E-state index contributed by atoms with van der Waals surface area (Å²) < 4.78 is 6.36. The van der Waals surface area contributed by atoms with Crippen molar-refractivity contribution in [3.8, 4) is 5.75 Å². The summed E-state index contributed by atoms with van der Waals surface area (Å²) in [6.45, 7) is 0.869. The van der Waals surface area contributed by atoms with Crippen molar-refractivity contribution in [2.24, 2.45) is 0 Å². The van der Waals surface area contributed by atoms with E-state index in [1.807, 2.05) is 12.1 Å². The summed E-state index contributed by atoms with van der Waals surface area (Å²) in [7, 11) is 3.75. The van der Waals surface area contributed by atoms with Crippen LogP contribution in [0.4, 0.5) is 0 Å². The second-order valence-corrected chi connectivity index (χ2v) is 4.51. The molecule has 0 aliphatic rings. The third kappa shape index (κ3) is 3.26. The molecule has 0 radical (unpaired) electrons. The Morgan fingerprint density at radius 3 is 2.71 bits per heavy atom. The van der Waals surface area contributed by atoms with Gasteiger partial charge in [-0.2, -0.15) is 0 Å². The summed E-state index contributed by atoms with van der Waals surface area (Å²) >= 11 is 6.86. The number of hydrogen-bond donors (Lipinski definition) is 0. The molecule has 1 aromatic rings. The molecular formula is C10H13Br2NO. The van der Waals surface area contributed by atoms with Crippen LogP contribution in [0.3, 0.4) is 0 Å². The van der Waals surface area contributed by atoms with Gasteiger partial charge in [0.05, 0.1) is 12.6 Å². The molecule has 0 aliphatic carbocycles. The van der Waals surface area contributed by atoms with Crippen molar-refractivity contribution >= 4 is 31.9 Å². The summed E-state index contributed by atoms with van der Waals surface area (Å²) in [5.41, 5.74) is 2.03. The van der Waals surface area contributed by atoms with Crippen molar-refractivity contribution in [2.75, 3.05) is 19.6 Å². The number of methoxy groups -OCH3 is 1. The lowest BCUT2D eigenvalue weighted by molar-refractivity contribution is 0.364. The van der Waals surface area contributed by atoms with E-state index in [4.69, 9.17) is 4.74 Å². The molecule has 0 fully saturated rings. The SMILES string of the molecule is COc1ccc(Br)cc1CN(C)CBr. The van der Waals surface area contributed by atoms with Crippen LogP contribution >= 0.6 is 31.9 Å². The molecule has 0 saturated carbocycles. The van der Waals surface area contributed by atoms with E-state index in [1.165, 1.54) is 5.56 Å². The van der Waals surface area contributed by atoms with Crippen LogP contribution in [0.25, 0.3) is 0 Å². The summed E-state index contributed by atoms with van der Waals surface area (Å²) in [5, 5.41) is 0. The van der Waals surface area contributed by atoms with E-state index in [-0.39, 0.29) is 0 Å². The maximum absolute atomic E-state index is 5.28. The summed E-state index contributed by atoms with van der Waals surface area (Å²) in [5.74, 6) is 0.931. The number of hydrogen-bond acceptors (Lipinski definition) is 2. The van der Waals surface area contributed by atoms with E-state index < -0.39 is 0 Å². The molecule has 14 heavy (non-hydrogen) atoms. The molecule has 0 amide bonds. The Morgan fingerprint density at radius 2 is 2.14 bits per heavy atom. The molecule has 0 bridgehead atoms. The molecule has 0 unspecified atom stereocenters. The van der Waals surface area contributed by atoms with Crippen molar-refractivity contribution < 1.29 is 4.74 Å². The molecule has 4 heteroatoms. The number of alkyl halides is 1.